The van der Waals surface area contributed by atoms with Crippen LogP contribution in [0, 0.1) is 0 Å². The monoisotopic (exact) mass is 149 g/mol. The van der Waals surface area contributed by atoms with Crippen LogP contribution in [0.25, 0.3) is 0 Å². The second-order valence-electron chi connectivity index (χ2n) is 1.81. The molecule has 0 N–H and O–H groups in total. The molecule has 0 aliphatic carbocycles. The molecular formula is C10H15N. The minimum absolute atomic E-state index is 0.960. The van der Waals surface area contributed by atoms with Crippen molar-refractivity contribution in [3.63, 3.8) is 0 Å². The summed E-state index contributed by atoms with van der Waals surface area (Å²) in [6.07, 6.45) is 10.5. The summed E-state index contributed by atoms with van der Waals surface area (Å²) < 4.78 is 0. The summed E-state index contributed by atoms with van der Waals surface area (Å²) in [5, 5.41) is 0. The molecule has 0 aromatic heterocycles. The minimum Gasteiger partial charge on any atom is -0.264 e. The van der Waals surface area contributed by atoms with E-state index in [9.17, 15) is 0 Å². The first-order valence-corrected chi connectivity index (χ1v) is 3.94. The molecule has 0 aromatic carbocycles. The van der Waals surface area contributed by atoms with Gasteiger partial charge in [0, 0.05) is 12.4 Å². The van der Waals surface area contributed by atoms with Crippen LogP contribution in [0.1, 0.15) is 20.3 Å². The van der Waals surface area contributed by atoms with Crippen LogP contribution in [-0.4, -0.2) is 6.21 Å². The normalized spacial score (nSPS) is 14.2. The van der Waals surface area contributed by atoms with Crippen molar-refractivity contribution in [1.82, 2.24) is 0 Å². The van der Waals surface area contributed by atoms with Gasteiger partial charge in [-0.2, -0.15) is 0 Å². The van der Waals surface area contributed by atoms with Crippen molar-refractivity contribution >= 4 is 6.21 Å². The number of rotatable bonds is 1. The molecule has 0 unspecified atom stereocenters. The molecule has 1 heterocycles. The Morgan fingerprint density at radius 3 is 2.91 bits per heavy atom. The van der Waals surface area contributed by atoms with Crippen LogP contribution < -0.4 is 0 Å². The molecule has 0 spiro atoms. The molecule has 0 atom stereocenters. The van der Waals surface area contributed by atoms with Gasteiger partial charge in [0.2, 0.25) is 0 Å². The maximum Gasteiger partial charge on any atom is 0.0336 e. The zero-order valence-corrected chi connectivity index (χ0v) is 7.25. The van der Waals surface area contributed by atoms with Gasteiger partial charge in [0.05, 0.1) is 0 Å². The summed E-state index contributed by atoms with van der Waals surface area (Å²) >= 11 is 0. The average Bonchev–Trinajstić information content (AvgIpc) is 2.35. The van der Waals surface area contributed by atoms with E-state index in [1.165, 1.54) is 0 Å². The Hall–Kier alpha value is -1.11. The molecule has 0 radical (unpaired) electrons. The highest BCUT2D eigenvalue weighted by atomic mass is 14.7. The summed E-state index contributed by atoms with van der Waals surface area (Å²) in [4.78, 5) is 3.98. The first-order chi connectivity index (χ1) is 5.43. The quantitative estimate of drug-likeness (QED) is 0.543. The van der Waals surface area contributed by atoms with Crippen LogP contribution >= 0.6 is 0 Å². The average molecular weight is 149 g/mol. The third-order valence-corrected chi connectivity index (χ3v) is 1.14. The molecule has 0 amide bonds. The van der Waals surface area contributed by atoms with Gasteiger partial charge in [0.1, 0.15) is 0 Å². The number of nitrogens with zero attached hydrogens (tertiary/aromatic N) is 1. The van der Waals surface area contributed by atoms with Gasteiger partial charge in [-0.05, 0) is 12.0 Å². The van der Waals surface area contributed by atoms with E-state index in [0.717, 1.165) is 12.0 Å². The molecule has 1 aliphatic rings. The summed E-state index contributed by atoms with van der Waals surface area (Å²) in [6.45, 7) is 7.64. The largest absolute Gasteiger partial charge is 0.264 e. The van der Waals surface area contributed by atoms with E-state index < -0.39 is 0 Å². The topological polar surface area (TPSA) is 12.4 Å². The fraction of sp³-hybridized carbons (Fsp3) is 0.300. The van der Waals surface area contributed by atoms with Gasteiger partial charge in [-0.1, -0.05) is 38.7 Å². The maximum atomic E-state index is 3.98. The van der Waals surface area contributed by atoms with E-state index in [1.807, 2.05) is 19.9 Å². The minimum atomic E-state index is 0.960. The Bertz CT molecular complexity index is 185. The van der Waals surface area contributed by atoms with Crippen LogP contribution in [0.5, 0.6) is 0 Å². The molecule has 1 rings (SSSR count). The van der Waals surface area contributed by atoms with E-state index in [0.29, 0.717) is 0 Å². The first kappa shape index (κ1) is 9.89. The van der Waals surface area contributed by atoms with Crippen molar-refractivity contribution in [3.8, 4) is 0 Å². The Kier molecular flexibility index (Phi) is 6.30. The van der Waals surface area contributed by atoms with Gasteiger partial charge in [-0.3, -0.25) is 4.99 Å². The highest BCUT2D eigenvalue weighted by molar-refractivity contribution is 5.82. The van der Waals surface area contributed by atoms with Crippen LogP contribution in [-0.2, 0) is 0 Å². The van der Waals surface area contributed by atoms with E-state index in [4.69, 9.17) is 0 Å². The summed E-state index contributed by atoms with van der Waals surface area (Å²) in [7, 11) is 0. The van der Waals surface area contributed by atoms with Gasteiger partial charge in [-0.25, -0.2) is 0 Å². The van der Waals surface area contributed by atoms with Gasteiger partial charge in [-0.15, -0.1) is 0 Å². The van der Waals surface area contributed by atoms with E-state index in [2.05, 4.69) is 17.6 Å². The van der Waals surface area contributed by atoms with Crippen LogP contribution in [0.2, 0.25) is 0 Å². The fourth-order valence-electron chi connectivity index (χ4n) is 0.644. The lowest BCUT2D eigenvalue weighted by Crippen LogP contribution is -1.74. The Balaban J connectivity index is 0.000000461. The molecule has 1 aliphatic heterocycles. The number of hydrogen-bond donors (Lipinski definition) is 0. The molecule has 0 aromatic rings. The highest BCUT2D eigenvalue weighted by Gasteiger charge is 1.85. The number of aliphatic imine (C=N–C) groups is 1. The lowest BCUT2D eigenvalue weighted by Gasteiger charge is -1.84. The second kappa shape index (κ2) is 7.00. The Morgan fingerprint density at radius 1 is 1.55 bits per heavy atom. The predicted molar refractivity (Wildman–Crippen MR) is 51.9 cm³/mol. The van der Waals surface area contributed by atoms with E-state index in [1.54, 1.807) is 18.5 Å². The molecule has 0 bridgehead atoms. The highest BCUT2D eigenvalue weighted by Crippen LogP contribution is 1.99. The zero-order chi connectivity index (χ0) is 8.53. The molecule has 0 fully saturated rings. The van der Waals surface area contributed by atoms with Crippen molar-refractivity contribution in [3.05, 3.63) is 36.6 Å². The van der Waals surface area contributed by atoms with Gasteiger partial charge in [0.25, 0.3) is 0 Å². The molecule has 0 saturated heterocycles. The van der Waals surface area contributed by atoms with Gasteiger partial charge in [0.15, 0.2) is 0 Å². The van der Waals surface area contributed by atoms with Crippen LogP contribution in [0.15, 0.2) is 41.6 Å². The smallest absolute Gasteiger partial charge is 0.0336 e. The summed E-state index contributed by atoms with van der Waals surface area (Å²) in [5.74, 6) is 0. The Morgan fingerprint density at radius 2 is 2.27 bits per heavy atom. The number of hydrogen-bond acceptors (Lipinski definition) is 1. The van der Waals surface area contributed by atoms with Crippen LogP contribution in [0.4, 0.5) is 0 Å². The lowest BCUT2D eigenvalue weighted by molar-refractivity contribution is 1.37. The fourth-order valence-corrected chi connectivity index (χ4v) is 0.644. The standard InChI is InChI=1S/C8H9N.C2H6/c1-2-8-5-3-4-6-9-7-8;1-2/h2,4-7H,1,3H2;1-2H3. The molecular weight excluding hydrogens is 134 g/mol. The summed E-state index contributed by atoms with van der Waals surface area (Å²) in [6, 6.07) is 0. The predicted octanol–water partition coefficient (Wildman–Crippen LogP) is 3.11. The molecule has 60 valence electrons. The SMILES string of the molecule is C=CC1=CCC=CN=C1.CC. The van der Waals surface area contributed by atoms with Crippen molar-refractivity contribution in [1.29, 1.82) is 0 Å². The lowest BCUT2D eigenvalue weighted by atomic mass is 10.2. The second-order valence-corrected chi connectivity index (χ2v) is 1.81. The van der Waals surface area contributed by atoms with Gasteiger partial charge < -0.3 is 0 Å². The molecule has 11 heavy (non-hydrogen) atoms. The van der Waals surface area contributed by atoms with E-state index >= 15 is 0 Å². The third kappa shape index (κ3) is 4.31. The first-order valence-electron chi connectivity index (χ1n) is 3.94. The van der Waals surface area contributed by atoms with Crippen molar-refractivity contribution in [2.75, 3.05) is 0 Å². The summed E-state index contributed by atoms with van der Waals surface area (Å²) in [5.41, 5.74) is 1.10. The van der Waals surface area contributed by atoms with E-state index in [-0.39, 0.29) is 0 Å². The van der Waals surface area contributed by atoms with Crippen molar-refractivity contribution < 1.29 is 0 Å². The van der Waals surface area contributed by atoms with Gasteiger partial charge >= 0.3 is 0 Å². The maximum absolute atomic E-state index is 3.98. The molecule has 1 nitrogen and oxygen atoms in total. The molecule has 1 heteroatoms. The number of allylic oxidation sites excluding steroid dienone is 4. The van der Waals surface area contributed by atoms with Crippen LogP contribution in [0.3, 0.4) is 0 Å². The molecule has 0 saturated carbocycles. The zero-order valence-electron chi connectivity index (χ0n) is 7.25. The van der Waals surface area contributed by atoms with Crippen molar-refractivity contribution in [2.24, 2.45) is 4.99 Å². The Labute approximate surface area is 68.9 Å². The van der Waals surface area contributed by atoms with Crippen molar-refractivity contribution in [2.45, 2.75) is 20.3 Å². The third-order valence-electron chi connectivity index (χ3n) is 1.14.